The molecule has 3 aliphatic carbocycles. The smallest absolute Gasteiger partial charge is 0.0597 e. The van der Waals surface area contributed by atoms with E-state index in [1.807, 2.05) is 11.3 Å². The van der Waals surface area contributed by atoms with E-state index in [0.29, 0.717) is 5.92 Å². The number of hydrogen-bond acceptors (Lipinski definition) is 1. The summed E-state index contributed by atoms with van der Waals surface area (Å²) in [5.41, 5.74) is 15.5. The monoisotopic (exact) mass is 531 g/mol. The summed E-state index contributed by atoms with van der Waals surface area (Å²) < 4.78 is 3.96. The first-order valence-corrected chi connectivity index (χ1v) is 15.3. The average molecular weight is 532 g/mol. The molecule has 6 aromatic rings. The molecular formula is C38H29NS. The van der Waals surface area contributed by atoms with Gasteiger partial charge in [0.25, 0.3) is 0 Å². The van der Waals surface area contributed by atoms with Gasteiger partial charge in [0.2, 0.25) is 0 Å². The van der Waals surface area contributed by atoms with Gasteiger partial charge in [-0.05, 0) is 99.7 Å². The number of benzene rings is 4. The van der Waals surface area contributed by atoms with Crippen LogP contribution in [0.4, 0.5) is 0 Å². The Morgan fingerprint density at radius 1 is 0.800 bits per heavy atom. The van der Waals surface area contributed by atoms with Crippen LogP contribution in [0.5, 0.6) is 0 Å². The lowest BCUT2D eigenvalue weighted by atomic mass is 9.90. The third kappa shape index (κ3) is 3.09. The van der Waals surface area contributed by atoms with E-state index in [1.165, 1.54) is 81.8 Å². The highest BCUT2D eigenvalue weighted by molar-refractivity contribution is 7.20. The van der Waals surface area contributed by atoms with E-state index < -0.39 is 0 Å². The molecule has 1 nitrogen and oxygen atoms in total. The van der Waals surface area contributed by atoms with E-state index in [4.69, 9.17) is 0 Å². The number of aromatic nitrogens is 1. The van der Waals surface area contributed by atoms with Crippen molar-refractivity contribution in [2.24, 2.45) is 0 Å². The van der Waals surface area contributed by atoms with Crippen LogP contribution in [0.25, 0.3) is 55.0 Å². The fraction of sp³-hybridized carbons (Fsp3) is 0.158. The predicted octanol–water partition coefficient (Wildman–Crippen LogP) is 10.4. The molecule has 0 saturated carbocycles. The van der Waals surface area contributed by atoms with Gasteiger partial charge >= 0.3 is 0 Å². The lowest BCUT2D eigenvalue weighted by molar-refractivity contribution is 0.773. The molecule has 3 aliphatic rings. The molecule has 0 aliphatic heterocycles. The number of thiophene rings is 1. The van der Waals surface area contributed by atoms with Gasteiger partial charge < -0.3 is 4.57 Å². The lowest BCUT2D eigenvalue weighted by Crippen LogP contribution is -2.08. The summed E-state index contributed by atoms with van der Waals surface area (Å²) in [5.74, 6) is 0.540. The van der Waals surface area contributed by atoms with Crippen molar-refractivity contribution in [1.29, 1.82) is 0 Å². The van der Waals surface area contributed by atoms with Crippen LogP contribution in [0.1, 0.15) is 58.5 Å². The average Bonchev–Trinajstić information content (AvgIpc) is 3.66. The van der Waals surface area contributed by atoms with Crippen LogP contribution in [0.3, 0.4) is 0 Å². The maximum Gasteiger partial charge on any atom is 0.0597 e. The minimum atomic E-state index is 0.540. The first-order valence-electron chi connectivity index (χ1n) is 14.5. The van der Waals surface area contributed by atoms with Crippen molar-refractivity contribution in [3.63, 3.8) is 0 Å². The Morgan fingerprint density at radius 2 is 1.65 bits per heavy atom. The second kappa shape index (κ2) is 8.43. The Hall–Kier alpha value is -4.14. The molecule has 0 bridgehead atoms. The molecular weight excluding hydrogens is 502 g/mol. The van der Waals surface area contributed by atoms with Crippen molar-refractivity contribution in [2.75, 3.05) is 0 Å². The van der Waals surface area contributed by atoms with E-state index in [-0.39, 0.29) is 0 Å². The Bertz CT molecular complexity index is 2080. The maximum absolute atomic E-state index is 2.56. The van der Waals surface area contributed by atoms with Gasteiger partial charge in [0.15, 0.2) is 0 Å². The largest absolute Gasteiger partial charge is 0.308 e. The van der Waals surface area contributed by atoms with Crippen molar-refractivity contribution in [3.8, 4) is 22.3 Å². The van der Waals surface area contributed by atoms with Gasteiger partial charge in [-0.2, -0.15) is 0 Å². The summed E-state index contributed by atoms with van der Waals surface area (Å²) in [4.78, 5) is 1.44. The van der Waals surface area contributed by atoms with Crippen molar-refractivity contribution in [1.82, 2.24) is 4.57 Å². The lowest BCUT2D eigenvalue weighted by Gasteiger charge is -2.21. The summed E-state index contributed by atoms with van der Waals surface area (Å²) in [7, 11) is 0. The molecule has 2 heteroatoms. The molecule has 2 heterocycles. The van der Waals surface area contributed by atoms with Crippen molar-refractivity contribution < 1.29 is 0 Å². The predicted molar refractivity (Wildman–Crippen MR) is 171 cm³/mol. The van der Waals surface area contributed by atoms with E-state index >= 15 is 0 Å². The van der Waals surface area contributed by atoms with Gasteiger partial charge in [-0.3, -0.25) is 0 Å². The molecule has 4 aromatic carbocycles. The number of nitrogens with zero attached hydrogens (tertiary/aromatic N) is 1. The molecule has 0 fully saturated rings. The number of rotatable bonds is 2. The summed E-state index contributed by atoms with van der Waals surface area (Å²) >= 11 is 1.98. The van der Waals surface area contributed by atoms with Crippen LogP contribution in [0.2, 0.25) is 0 Å². The van der Waals surface area contributed by atoms with Crippen LogP contribution in [0.15, 0.2) is 97.1 Å². The van der Waals surface area contributed by atoms with Crippen molar-refractivity contribution in [3.05, 3.63) is 130 Å². The summed E-state index contributed by atoms with van der Waals surface area (Å²) in [5, 5.41) is 2.84. The Morgan fingerprint density at radius 3 is 2.62 bits per heavy atom. The molecule has 0 saturated heterocycles. The molecule has 0 radical (unpaired) electrons. The molecule has 0 amide bonds. The SMILES string of the molecule is CC1CC=Cc2c1c1ccccc1n2C1=CCCc2c1sc1cc(-c3cccc4c3Cc3ccccc3-4)ccc21. The Kier molecular flexibility index (Phi) is 4.77. The Balaban J connectivity index is 1.21. The number of para-hydroxylation sites is 1. The zero-order valence-corrected chi connectivity index (χ0v) is 23.4. The molecule has 1 atom stereocenters. The molecule has 0 N–H and O–H groups in total. The zero-order chi connectivity index (χ0) is 26.4. The number of fused-ring (bicyclic) bond motifs is 9. The highest BCUT2D eigenvalue weighted by atomic mass is 32.1. The third-order valence-electron chi connectivity index (χ3n) is 9.37. The Labute approximate surface area is 238 Å². The fourth-order valence-corrected chi connectivity index (χ4v) is 8.89. The van der Waals surface area contributed by atoms with Gasteiger partial charge in [0.1, 0.15) is 0 Å². The van der Waals surface area contributed by atoms with Gasteiger partial charge in [0.05, 0.1) is 21.8 Å². The minimum Gasteiger partial charge on any atom is -0.308 e. The van der Waals surface area contributed by atoms with E-state index in [1.54, 1.807) is 0 Å². The minimum absolute atomic E-state index is 0.540. The molecule has 40 heavy (non-hydrogen) atoms. The van der Waals surface area contributed by atoms with Crippen LogP contribution >= 0.6 is 11.3 Å². The van der Waals surface area contributed by atoms with Crippen molar-refractivity contribution in [2.45, 2.75) is 38.5 Å². The van der Waals surface area contributed by atoms with Gasteiger partial charge in [0, 0.05) is 10.1 Å². The highest BCUT2D eigenvalue weighted by Crippen LogP contribution is 2.47. The summed E-state index contributed by atoms with van der Waals surface area (Å²) in [6.45, 7) is 2.37. The summed E-state index contributed by atoms with van der Waals surface area (Å²) in [6, 6.07) is 32.0. The van der Waals surface area contributed by atoms with Crippen molar-refractivity contribution >= 4 is 44.1 Å². The first-order chi connectivity index (χ1) is 19.8. The standard InChI is InChI=1S/C38H29NS/c1-23-9-6-17-34-37(23)31-12-4-5-16-33(31)39(34)35-18-8-15-30-29-20-19-25(22-36(29)40-38(30)35)27-13-7-14-28-26-11-3-2-10-24(26)21-32(27)28/h2-7,10-14,16-20,22-23H,8-9,15,21H2,1H3. The maximum atomic E-state index is 2.56. The second-order valence-electron chi connectivity index (χ2n) is 11.6. The summed E-state index contributed by atoms with van der Waals surface area (Å²) in [6.07, 6.45) is 11.5. The number of hydrogen-bond donors (Lipinski definition) is 0. The highest BCUT2D eigenvalue weighted by Gasteiger charge is 2.28. The quantitative estimate of drug-likeness (QED) is 0.209. The second-order valence-corrected chi connectivity index (χ2v) is 12.7. The fourth-order valence-electron chi connectivity index (χ4n) is 7.57. The van der Waals surface area contributed by atoms with Crippen LogP contribution in [0, 0.1) is 0 Å². The van der Waals surface area contributed by atoms with Gasteiger partial charge in [-0.1, -0.05) is 91.9 Å². The van der Waals surface area contributed by atoms with Crippen LogP contribution < -0.4 is 0 Å². The van der Waals surface area contributed by atoms with Crippen LogP contribution in [-0.4, -0.2) is 4.57 Å². The zero-order valence-electron chi connectivity index (χ0n) is 22.6. The van der Waals surface area contributed by atoms with E-state index in [0.717, 1.165) is 25.7 Å². The first kappa shape index (κ1) is 22.7. The third-order valence-corrected chi connectivity index (χ3v) is 10.6. The molecule has 1 unspecified atom stereocenters. The molecule has 2 aromatic heterocycles. The van der Waals surface area contributed by atoms with E-state index in [2.05, 4.69) is 115 Å². The molecule has 192 valence electrons. The van der Waals surface area contributed by atoms with E-state index in [9.17, 15) is 0 Å². The number of allylic oxidation sites excluding steroid dienone is 2. The van der Waals surface area contributed by atoms with Gasteiger partial charge in [-0.15, -0.1) is 11.3 Å². The molecule has 9 rings (SSSR count). The molecule has 0 spiro atoms. The normalized spacial score (nSPS) is 17.0. The van der Waals surface area contributed by atoms with Gasteiger partial charge in [-0.25, -0.2) is 0 Å². The number of aryl methyl sites for hydroxylation is 1. The van der Waals surface area contributed by atoms with Crippen LogP contribution in [-0.2, 0) is 12.8 Å². The topological polar surface area (TPSA) is 4.93 Å².